The summed E-state index contributed by atoms with van der Waals surface area (Å²) in [5.74, 6) is 1.31. The second-order valence-corrected chi connectivity index (χ2v) is 6.97. The summed E-state index contributed by atoms with van der Waals surface area (Å²) >= 11 is 0. The number of hydrogen-bond donors (Lipinski definition) is 0. The van der Waals surface area contributed by atoms with Crippen LogP contribution >= 0.6 is 0 Å². The van der Waals surface area contributed by atoms with Crippen molar-refractivity contribution in [1.29, 1.82) is 0 Å². The van der Waals surface area contributed by atoms with Gasteiger partial charge in [-0.2, -0.15) is 0 Å². The fourth-order valence-corrected chi connectivity index (χ4v) is 3.23. The number of ether oxygens (including phenoxy) is 1. The first-order valence-corrected chi connectivity index (χ1v) is 9.11. The van der Waals surface area contributed by atoms with Gasteiger partial charge in [-0.05, 0) is 31.2 Å². The highest BCUT2D eigenvalue weighted by molar-refractivity contribution is 5.97. The molecule has 0 saturated carbocycles. The molecule has 1 saturated heterocycles. The van der Waals surface area contributed by atoms with E-state index in [1.165, 1.54) is 0 Å². The predicted octanol–water partition coefficient (Wildman–Crippen LogP) is 2.71. The Morgan fingerprint density at radius 3 is 2.11 bits per heavy atom. The summed E-state index contributed by atoms with van der Waals surface area (Å²) in [5.41, 5.74) is 1.79. The molecule has 3 rings (SSSR count). The summed E-state index contributed by atoms with van der Waals surface area (Å²) in [5, 5.41) is 3.95. The molecule has 0 aliphatic carbocycles. The Labute approximate surface area is 158 Å². The van der Waals surface area contributed by atoms with Gasteiger partial charge in [-0.1, -0.05) is 19.0 Å². The quantitative estimate of drug-likeness (QED) is 0.826. The molecule has 0 radical (unpaired) electrons. The third-order valence-corrected chi connectivity index (χ3v) is 4.82. The van der Waals surface area contributed by atoms with Crippen molar-refractivity contribution in [1.82, 2.24) is 15.0 Å². The van der Waals surface area contributed by atoms with E-state index in [1.54, 1.807) is 48.1 Å². The molecule has 0 spiro atoms. The Morgan fingerprint density at radius 1 is 1.04 bits per heavy atom. The largest absolute Gasteiger partial charge is 0.497 e. The molecule has 27 heavy (non-hydrogen) atoms. The lowest BCUT2D eigenvalue weighted by Gasteiger charge is -2.35. The number of aromatic nitrogens is 1. The normalized spacial score (nSPS) is 14.6. The van der Waals surface area contributed by atoms with Crippen molar-refractivity contribution < 1.29 is 18.8 Å². The molecular weight excluding hydrogens is 346 g/mol. The molecule has 2 amide bonds. The second kappa shape index (κ2) is 7.82. The zero-order valence-corrected chi connectivity index (χ0v) is 16.2. The third kappa shape index (κ3) is 3.82. The Morgan fingerprint density at radius 2 is 1.59 bits per heavy atom. The van der Waals surface area contributed by atoms with E-state index in [0.717, 1.165) is 0 Å². The summed E-state index contributed by atoms with van der Waals surface area (Å²) in [7, 11) is 1.59. The molecule has 144 valence electrons. The molecule has 0 bridgehead atoms. The minimum atomic E-state index is -0.0750. The van der Waals surface area contributed by atoms with E-state index in [9.17, 15) is 9.59 Å². The van der Waals surface area contributed by atoms with Gasteiger partial charge in [0.05, 0.1) is 12.8 Å². The summed E-state index contributed by atoms with van der Waals surface area (Å²) in [6, 6.07) is 7.06. The highest BCUT2D eigenvalue weighted by Crippen LogP contribution is 2.24. The van der Waals surface area contributed by atoms with Crippen LogP contribution in [0.25, 0.3) is 0 Å². The van der Waals surface area contributed by atoms with Crippen LogP contribution in [0.2, 0.25) is 0 Å². The summed E-state index contributed by atoms with van der Waals surface area (Å²) in [4.78, 5) is 29.1. The van der Waals surface area contributed by atoms with Crippen LogP contribution in [0.3, 0.4) is 0 Å². The number of nitrogens with zero attached hydrogens (tertiary/aromatic N) is 3. The Hall–Kier alpha value is -2.83. The van der Waals surface area contributed by atoms with Crippen LogP contribution in [0, 0.1) is 6.92 Å². The van der Waals surface area contributed by atoms with Crippen molar-refractivity contribution in [2.24, 2.45) is 0 Å². The maximum Gasteiger partial charge on any atom is 0.259 e. The molecule has 1 aliphatic heterocycles. The summed E-state index contributed by atoms with van der Waals surface area (Å²) in [6.45, 7) is 7.71. The van der Waals surface area contributed by atoms with Gasteiger partial charge in [-0.3, -0.25) is 9.59 Å². The Kier molecular flexibility index (Phi) is 5.48. The monoisotopic (exact) mass is 371 g/mol. The van der Waals surface area contributed by atoms with Gasteiger partial charge in [0.2, 0.25) is 0 Å². The van der Waals surface area contributed by atoms with E-state index in [0.29, 0.717) is 54.5 Å². The summed E-state index contributed by atoms with van der Waals surface area (Å²) < 4.78 is 10.5. The number of carbonyl (C=O) groups is 2. The molecule has 2 aromatic rings. The maximum absolute atomic E-state index is 12.9. The number of rotatable bonds is 4. The van der Waals surface area contributed by atoms with Gasteiger partial charge in [0.15, 0.2) is 5.76 Å². The molecule has 0 N–H and O–H groups in total. The Balaban J connectivity index is 1.65. The van der Waals surface area contributed by atoms with Gasteiger partial charge in [0, 0.05) is 37.7 Å². The highest BCUT2D eigenvalue weighted by Gasteiger charge is 2.30. The van der Waals surface area contributed by atoms with Crippen LogP contribution < -0.4 is 4.74 Å². The third-order valence-electron chi connectivity index (χ3n) is 4.82. The van der Waals surface area contributed by atoms with E-state index in [-0.39, 0.29) is 17.7 Å². The fraction of sp³-hybridized carbons (Fsp3) is 0.450. The van der Waals surface area contributed by atoms with E-state index in [4.69, 9.17) is 9.26 Å². The number of aryl methyl sites for hydroxylation is 1. The molecule has 1 aliphatic rings. The lowest BCUT2D eigenvalue weighted by atomic mass is 10.0. The van der Waals surface area contributed by atoms with Crippen LogP contribution in [0.5, 0.6) is 5.75 Å². The Bertz CT molecular complexity index is 818. The van der Waals surface area contributed by atoms with Gasteiger partial charge in [-0.25, -0.2) is 0 Å². The van der Waals surface area contributed by atoms with Crippen LogP contribution in [0.15, 0.2) is 28.8 Å². The van der Waals surface area contributed by atoms with Gasteiger partial charge < -0.3 is 19.1 Å². The molecule has 2 heterocycles. The second-order valence-electron chi connectivity index (χ2n) is 6.97. The smallest absolute Gasteiger partial charge is 0.259 e. The van der Waals surface area contributed by atoms with Gasteiger partial charge in [-0.15, -0.1) is 0 Å². The van der Waals surface area contributed by atoms with Crippen molar-refractivity contribution in [3.8, 4) is 5.75 Å². The highest BCUT2D eigenvalue weighted by atomic mass is 16.5. The molecule has 7 nitrogen and oxygen atoms in total. The number of carbonyl (C=O) groups excluding carboxylic acids is 2. The van der Waals surface area contributed by atoms with Gasteiger partial charge in [0.25, 0.3) is 11.8 Å². The van der Waals surface area contributed by atoms with Crippen molar-refractivity contribution in [2.75, 3.05) is 33.3 Å². The van der Waals surface area contributed by atoms with Crippen molar-refractivity contribution >= 4 is 11.8 Å². The molecule has 1 aromatic heterocycles. The first kappa shape index (κ1) is 18.9. The molecule has 1 aromatic carbocycles. The summed E-state index contributed by atoms with van der Waals surface area (Å²) in [6.07, 6.45) is 0. The van der Waals surface area contributed by atoms with Crippen LogP contribution in [0.1, 0.15) is 51.9 Å². The van der Waals surface area contributed by atoms with Crippen LogP contribution in [-0.4, -0.2) is 60.1 Å². The first-order chi connectivity index (χ1) is 12.9. The molecular formula is C20H25N3O4. The molecule has 1 fully saturated rings. The average Bonchev–Trinajstić information content (AvgIpc) is 3.09. The van der Waals surface area contributed by atoms with E-state index in [1.807, 2.05) is 13.8 Å². The first-order valence-electron chi connectivity index (χ1n) is 9.11. The zero-order valence-electron chi connectivity index (χ0n) is 16.2. The van der Waals surface area contributed by atoms with Crippen LogP contribution in [-0.2, 0) is 0 Å². The predicted molar refractivity (Wildman–Crippen MR) is 100 cm³/mol. The van der Waals surface area contributed by atoms with E-state index in [2.05, 4.69) is 5.16 Å². The number of amides is 2. The lowest BCUT2D eigenvalue weighted by Crippen LogP contribution is -2.50. The van der Waals surface area contributed by atoms with Crippen molar-refractivity contribution in [2.45, 2.75) is 26.7 Å². The maximum atomic E-state index is 12.9. The van der Waals surface area contributed by atoms with Gasteiger partial charge >= 0.3 is 0 Å². The minimum absolute atomic E-state index is 0.0335. The molecule has 7 heteroatoms. The van der Waals surface area contributed by atoms with Crippen LogP contribution in [0.4, 0.5) is 0 Å². The number of benzene rings is 1. The van der Waals surface area contributed by atoms with Gasteiger partial charge in [0.1, 0.15) is 11.3 Å². The fourth-order valence-electron chi connectivity index (χ4n) is 3.23. The zero-order chi connectivity index (χ0) is 19.6. The molecule has 0 atom stereocenters. The minimum Gasteiger partial charge on any atom is -0.497 e. The average molecular weight is 371 g/mol. The number of hydrogen-bond acceptors (Lipinski definition) is 5. The van der Waals surface area contributed by atoms with E-state index >= 15 is 0 Å². The lowest BCUT2D eigenvalue weighted by molar-refractivity contribution is 0.0533. The van der Waals surface area contributed by atoms with Crippen molar-refractivity contribution in [3.05, 3.63) is 46.8 Å². The van der Waals surface area contributed by atoms with E-state index < -0.39 is 0 Å². The number of piperazine rings is 1. The standard InChI is InChI=1S/C20H25N3O4/c1-13(2)18-17(14(3)21-27-18)20(25)23-11-9-22(10-12-23)19(24)15-5-7-16(26-4)8-6-15/h5-8,13H,9-12H2,1-4H3. The van der Waals surface area contributed by atoms with Crippen molar-refractivity contribution in [3.63, 3.8) is 0 Å². The topological polar surface area (TPSA) is 75.9 Å². The SMILES string of the molecule is COc1ccc(C(=O)N2CCN(C(=O)c3c(C)noc3C(C)C)CC2)cc1. The number of methoxy groups -OCH3 is 1. The molecule has 0 unspecified atom stereocenters.